The van der Waals surface area contributed by atoms with Crippen LogP contribution in [0.4, 0.5) is 0 Å². The van der Waals surface area contributed by atoms with Gasteiger partial charge in [0.2, 0.25) is 0 Å². The van der Waals surface area contributed by atoms with Crippen LogP contribution in [-0.2, 0) is 0 Å². The SMILES string of the molecule is CC(=O)c1ccc(Sc2ccoc2C)cc1. The molecule has 0 atom stereocenters. The third-order valence-corrected chi connectivity index (χ3v) is 3.45. The molecule has 0 radical (unpaired) electrons. The molecular weight excluding hydrogens is 220 g/mol. The molecule has 0 spiro atoms. The molecule has 2 nitrogen and oxygen atoms in total. The normalized spacial score (nSPS) is 10.4. The zero-order valence-electron chi connectivity index (χ0n) is 9.19. The molecule has 82 valence electrons. The van der Waals surface area contributed by atoms with Crippen molar-refractivity contribution in [3.63, 3.8) is 0 Å². The van der Waals surface area contributed by atoms with Crippen LogP contribution in [0.1, 0.15) is 23.0 Å². The Morgan fingerprint density at radius 3 is 2.38 bits per heavy atom. The maximum absolute atomic E-state index is 11.1. The van der Waals surface area contributed by atoms with Crippen LogP contribution in [0.25, 0.3) is 0 Å². The Hall–Kier alpha value is -1.48. The van der Waals surface area contributed by atoms with Gasteiger partial charge in [-0.15, -0.1) is 0 Å². The average molecular weight is 232 g/mol. The van der Waals surface area contributed by atoms with Gasteiger partial charge in [0.05, 0.1) is 11.2 Å². The Morgan fingerprint density at radius 2 is 1.88 bits per heavy atom. The van der Waals surface area contributed by atoms with Crippen LogP contribution in [0.3, 0.4) is 0 Å². The zero-order valence-corrected chi connectivity index (χ0v) is 10.0. The van der Waals surface area contributed by atoms with Gasteiger partial charge in [-0.3, -0.25) is 4.79 Å². The summed E-state index contributed by atoms with van der Waals surface area (Å²) in [5, 5.41) is 0. The molecule has 2 aromatic rings. The molecule has 1 aromatic heterocycles. The van der Waals surface area contributed by atoms with Crippen molar-refractivity contribution < 1.29 is 9.21 Å². The number of rotatable bonds is 3. The van der Waals surface area contributed by atoms with Crippen molar-refractivity contribution in [1.82, 2.24) is 0 Å². The third-order valence-electron chi connectivity index (χ3n) is 2.30. The minimum Gasteiger partial charge on any atom is -0.468 e. The fourth-order valence-corrected chi connectivity index (χ4v) is 2.21. The van der Waals surface area contributed by atoms with Gasteiger partial charge in [0.1, 0.15) is 5.76 Å². The first-order chi connectivity index (χ1) is 7.66. The molecule has 0 bridgehead atoms. The lowest BCUT2D eigenvalue weighted by molar-refractivity contribution is 0.101. The van der Waals surface area contributed by atoms with E-state index in [2.05, 4.69) is 0 Å². The second-order valence-electron chi connectivity index (χ2n) is 3.52. The zero-order chi connectivity index (χ0) is 11.5. The quantitative estimate of drug-likeness (QED) is 0.751. The molecule has 0 aliphatic rings. The van der Waals surface area contributed by atoms with E-state index in [1.165, 1.54) is 0 Å². The smallest absolute Gasteiger partial charge is 0.159 e. The molecule has 0 amide bonds. The molecule has 0 aliphatic carbocycles. The molecule has 3 heteroatoms. The molecule has 1 aromatic carbocycles. The third kappa shape index (κ3) is 2.36. The summed E-state index contributed by atoms with van der Waals surface area (Å²) in [6, 6.07) is 9.54. The van der Waals surface area contributed by atoms with Gasteiger partial charge in [-0.2, -0.15) is 0 Å². The number of Topliss-reactive ketones (excluding diaryl/α,β-unsaturated/α-hetero) is 1. The molecule has 0 fully saturated rings. The van der Waals surface area contributed by atoms with Gasteiger partial charge in [-0.05, 0) is 32.0 Å². The van der Waals surface area contributed by atoms with Crippen molar-refractivity contribution >= 4 is 17.5 Å². The van der Waals surface area contributed by atoms with Gasteiger partial charge in [0.25, 0.3) is 0 Å². The van der Waals surface area contributed by atoms with E-state index < -0.39 is 0 Å². The van der Waals surface area contributed by atoms with Gasteiger partial charge in [0.15, 0.2) is 5.78 Å². The van der Waals surface area contributed by atoms with Gasteiger partial charge in [-0.25, -0.2) is 0 Å². The molecule has 0 unspecified atom stereocenters. The summed E-state index contributed by atoms with van der Waals surface area (Å²) >= 11 is 1.64. The molecular formula is C13H12O2S. The average Bonchev–Trinajstić information content (AvgIpc) is 2.65. The number of carbonyl (C=O) groups is 1. The van der Waals surface area contributed by atoms with E-state index >= 15 is 0 Å². The lowest BCUT2D eigenvalue weighted by atomic mass is 10.2. The van der Waals surface area contributed by atoms with Crippen molar-refractivity contribution in [2.45, 2.75) is 23.6 Å². The van der Waals surface area contributed by atoms with E-state index in [9.17, 15) is 4.79 Å². The van der Waals surface area contributed by atoms with Crippen LogP contribution in [0.15, 0.2) is 50.8 Å². The second kappa shape index (κ2) is 4.58. The number of carbonyl (C=O) groups excluding carboxylic acids is 1. The van der Waals surface area contributed by atoms with E-state index in [-0.39, 0.29) is 5.78 Å². The second-order valence-corrected chi connectivity index (χ2v) is 4.64. The standard InChI is InChI=1S/C13H12O2S/c1-9(14)11-3-5-12(6-4-11)16-13-7-8-15-10(13)2/h3-8H,1-2H3. The van der Waals surface area contributed by atoms with Crippen LogP contribution in [0.5, 0.6) is 0 Å². The van der Waals surface area contributed by atoms with E-state index in [1.54, 1.807) is 24.9 Å². The lowest BCUT2D eigenvalue weighted by Gasteiger charge is -2.01. The number of hydrogen-bond acceptors (Lipinski definition) is 3. The van der Waals surface area contributed by atoms with Crippen molar-refractivity contribution in [1.29, 1.82) is 0 Å². The van der Waals surface area contributed by atoms with Crippen LogP contribution in [-0.4, -0.2) is 5.78 Å². The highest BCUT2D eigenvalue weighted by atomic mass is 32.2. The predicted octanol–water partition coefficient (Wildman–Crippen LogP) is 3.94. The summed E-state index contributed by atoms with van der Waals surface area (Å²) in [7, 11) is 0. The summed E-state index contributed by atoms with van der Waals surface area (Å²) in [5.41, 5.74) is 0.744. The highest BCUT2D eigenvalue weighted by molar-refractivity contribution is 7.99. The monoisotopic (exact) mass is 232 g/mol. The number of aryl methyl sites for hydroxylation is 1. The number of hydrogen-bond donors (Lipinski definition) is 0. The summed E-state index contributed by atoms with van der Waals surface area (Å²) in [6.07, 6.45) is 1.68. The number of ketones is 1. The Balaban J connectivity index is 2.17. The minimum atomic E-state index is 0.0936. The largest absolute Gasteiger partial charge is 0.468 e. The van der Waals surface area contributed by atoms with E-state index in [4.69, 9.17) is 4.42 Å². The van der Waals surface area contributed by atoms with Crippen molar-refractivity contribution in [3.05, 3.63) is 47.9 Å². The van der Waals surface area contributed by atoms with Crippen molar-refractivity contribution in [2.75, 3.05) is 0 Å². The van der Waals surface area contributed by atoms with Gasteiger partial charge < -0.3 is 4.42 Å². The van der Waals surface area contributed by atoms with Gasteiger partial charge >= 0.3 is 0 Å². The fraction of sp³-hybridized carbons (Fsp3) is 0.154. The number of benzene rings is 1. The first kappa shape index (κ1) is 11.0. The Morgan fingerprint density at radius 1 is 1.19 bits per heavy atom. The van der Waals surface area contributed by atoms with Gasteiger partial charge in [-0.1, -0.05) is 23.9 Å². The maximum atomic E-state index is 11.1. The Labute approximate surface area is 98.7 Å². The van der Waals surface area contributed by atoms with E-state index in [1.807, 2.05) is 37.3 Å². The number of furan rings is 1. The molecule has 2 rings (SSSR count). The molecule has 0 saturated carbocycles. The highest BCUT2D eigenvalue weighted by Gasteiger charge is 2.04. The topological polar surface area (TPSA) is 30.2 Å². The summed E-state index contributed by atoms with van der Waals surface area (Å²) in [5.74, 6) is 1.01. The Bertz CT molecular complexity index is 497. The maximum Gasteiger partial charge on any atom is 0.159 e. The predicted molar refractivity (Wildman–Crippen MR) is 64.0 cm³/mol. The van der Waals surface area contributed by atoms with Crippen LogP contribution < -0.4 is 0 Å². The summed E-state index contributed by atoms with van der Waals surface area (Å²) < 4.78 is 5.22. The molecule has 16 heavy (non-hydrogen) atoms. The van der Waals surface area contributed by atoms with Crippen LogP contribution in [0, 0.1) is 6.92 Å². The van der Waals surface area contributed by atoms with Crippen molar-refractivity contribution in [2.24, 2.45) is 0 Å². The fourth-order valence-electron chi connectivity index (χ4n) is 1.36. The molecule has 0 aliphatic heterocycles. The summed E-state index contributed by atoms with van der Waals surface area (Å²) in [4.78, 5) is 13.3. The molecule has 0 saturated heterocycles. The highest BCUT2D eigenvalue weighted by Crippen LogP contribution is 2.30. The first-order valence-electron chi connectivity index (χ1n) is 5.00. The Kier molecular flexibility index (Phi) is 3.15. The lowest BCUT2D eigenvalue weighted by Crippen LogP contribution is -1.90. The molecule has 0 N–H and O–H groups in total. The van der Waals surface area contributed by atoms with Crippen LogP contribution >= 0.6 is 11.8 Å². The minimum absolute atomic E-state index is 0.0936. The van der Waals surface area contributed by atoms with Crippen molar-refractivity contribution in [3.8, 4) is 0 Å². The summed E-state index contributed by atoms with van der Waals surface area (Å²) in [6.45, 7) is 3.51. The van der Waals surface area contributed by atoms with Gasteiger partial charge in [0, 0.05) is 10.5 Å². The first-order valence-corrected chi connectivity index (χ1v) is 5.81. The van der Waals surface area contributed by atoms with Crippen LogP contribution in [0.2, 0.25) is 0 Å². The van der Waals surface area contributed by atoms with E-state index in [0.717, 1.165) is 21.1 Å². The molecule has 1 heterocycles. The van der Waals surface area contributed by atoms with E-state index in [0.29, 0.717) is 0 Å².